The largest absolute Gasteiger partial charge is 0.477 e. The number of aliphatic hydroxyl groups is 6. The van der Waals surface area contributed by atoms with Crippen molar-refractivity contribution in [3.63, 3.8) is 0 Å². The van der Waals surface area contributed by atoms with Crippen LogP contribution in [0.3, 0.4) is 0 Å². The van der Waals surface area contributed by atoms with Crippen LogP contribution in [0.5, 0.6) is 0 Å². The summed E-state index contributed by atoms with van der Waals surface area (Å²) in [6, 6.07) is -2.73. The molecule has 0 spiro atoms. The van der Waals surface area contributed by atoms with Gasteiger partial charge in [-0.25, -0.2) is 4.79 Å². The van der Waals surface area contributed by atoms with Gasteiger partial charge in [-0.05, 0) is 25.8 Å². The highest BCUT2D eigenvalue weighted by Crippen LogP contribution is 2.37. The van der Waals surface area contributed by atoms with Crippen LogP contribution in [-0.2, 0) is 33.3 Å². The minimum atomic E-state index is -2.83. The topological polar surface area (TPSA) is 280 Å². The molecule has 0 aromatic rings. The average molecular weight is 598 g/mol. The third-order valence-corrected chi connectivity index (χ3v) is 6.87. The van der Waals surface area contributed by atoms with Crippen molar-refractivity contribution in [1.82, 2.24) is 10.6 Å². The smallest absolute Gasteiger partial charge is 0.364 e. The molecule has 0 bridgehead atoms. The second-order valence-electron chi connectivity index (χ2n) is 10.1. The quantitative estimate of drug-likeness (QED) is 0.0793. The Bertz CT molecular complexity index is 867. The fraction of sp³-hybridized carbons (Fsp3) is 0.875. The normalized spacial score (nSPS) is 35.3. The van der Waals surface area contributed by atoms with Crippen molar-refractivity contribution >= 4 is 17.8 Å². The molecule has 0 aliphatic carbocycles. The van der Waals surface area contributed by atoms with Crippen LogP contribution in [0.4, 0.5) is 0 Å². The molecule has 17 heteroatoms. The Kier molecular flexibility index (Phi) is 13.7. The number of carboxylic acid groups (broad SMARTS) is 1. The standard InChI is InChI=1S/C24H43N3O14/c1-11(30)26-16-13(32)8-24(23(36)37,41-21(16)18(34)14(33)9-28)40-20-15(10-29)39-22(38-7-5-3-4-6-25)17(19(20)35)27-12(2)31/h13-22,28-29,32-35H,3-10,25H2,1-2H3,(H,26,30)(H,27,31)(H,36,37)/t13-,14+,15+,16+,17+,18+,19+,20-,21+,22-,24+/m0/s1. The van der Waals surface area contributed by atoms with Crippen LogP contribution in [0, 0.1) is 0 Å². The van der Waals surface area contributed by atoms with E-state index in [1.165, 1.54) is 6.92 Å². The second-order valence-corrected chi connectivity index (χ2v) is 10.1. The number of carbonyl (C=O) groups excluding carboxylic acids is 2. The lowest BCUT2D eigenvalue weighted by atomic mass is 9.88. The summed E-state index contributed by atoms with van der Waals surface area (Å²) < 4.78 is 22.8. The molecule has 2 heterocycles. The first-order valence-electron chi connectivity index (χ1n) is 13.4. The molecular weight excluding hydrogens is 554 g/mol. The Morgan fingerprint density at radius 3 is 2.22 bits per heavy atom. The first kappa shape index (κ1) is 35.2. The van der Waals surface area contributed by atoms with Gasteiger partial charge in [-0.1, -0.05) is 0 Å². The molecule has 2 aliphatic rings. The zero-order valence-corrected chi connectivity index (χ0v) is 23.0. The molecule has 0 aromatic carbocycles. The van der Waals surface area contributed by atoms with Crippen LogP contribution in [0.15, 0.2) is 0 Å². The van der Waals surface area contributed by atoms with Crippen LogP contribution < -0.4 is 16.4 Å². The van der Waals surface area contributed by atoms with Crippen molar-refractivity contribution in [1.29, 1.82) is 0 Å². The summed E-state index contributed by atoms with van der Waals surface area (Å²) in [5.41, 5.74) is 5.48. The van der Waals surface area contributed by atoms with Crippen molar-refractivity contribution < 1.29 is 69.1 Å². The van der Waals surface area contributed by atoms with Crippen LogP contribution >= 0.6 is 0 Å². The van der Waals surface area contributed by atoms with E-state index in [1.807, 2.05) is 0 Å². The monoisotopic (exact) mass is 597 g/mol. The van der Waals surface area contributed by atoms with Crippen molar-refractivity contribution in [2.45, 2.75) is 106 Å². The van der Waals surface area contributed by atoms with Gasteiger partial charge in [-0.3, -0.25) is 9.59 Å². The number of nitrogens with one attached hydrogen (secondary N) is 2. The van der Waals surface area contributed by atoms with Crippen molar-refractivity contribution in [2.24, 2.45) is 5.73 Å². The summed E-state index contributed by atoms with van der Waals surface area (Å²) in [4.78, 5) is 36.2. The number of unbranched alkanes of at least 4 members (excludes halogenated alkanes) is 2. The molecule has 2 amide bonds. The number of carbonyl (C=O) groups is 3. The summed E-state index contributed by atoms with van der Waals surface area (Å²) in [6.07, 6.45) is -12.3. The fourth-order valence-electron chi connectivity index (χ4n) is 4.83. The number of hydrogen-bond acceptors (Lipinski definition) is 14. The van der Waals surface area contributed by atoms with Crippen molar-refractivity contribution in [3.8, 4) is 0 Å². The Labute approximate surface area is 236 Å². The van der Waals surface area contributed by atoms with E-state index in [9.17, 15) is 50.1 Å². The van der Waals surface area contributed by atoms with Gasteiger partial charge in [0.15, 0.2) is 6.29 Å². The van der Waals surface area contributed by atoms with Gasteiger partial charge in [-0.2, -0.15) is 0 Å². The van der Waals surface area contributed by atoms with E-state index in [1.54, 1.807) is 0 Å². The molecule has 2 aliphatic heterocycles. The second kappa shape index (κ2) is 16.0. The summed E-state index contributed by atoms with van der Waals surface area (Å²) >= 11 is 0. The van der Waals surface area contributed by atoms with Crippen LogP contribution in [0.1, 0.15) is 39.5 Å². The molecule has 17 nitrogen and oxygen atoms in total. The number of nitrogens with two attached hydrogens (primary N) is 1. The fourth-order valence-corrected chi connectivity index (χ4v) is 4.83. The predicted octanol–water partition coefficient (Wildman–Crippen LogP) is -4.75. The maximum atomic E-state index is 12.6. The van der Waals surface area contributed by atoms with Crippen LogP contribution in [0.2, 0.25) is 0 Å². The molecule has 41 heavy (non-hydrogen) atoms. The van der Waals surface area contributed by atoms with Gasteiger partial charge >= 0.3 is 5.97 Å². The summed E-state index contributed by atoms with van der Waals surface area (Å²) in [5.74, 6) is -5.92. The Balaban J connectivity index is 2.39. The number of carboxylic acids is 1. The van der Waals surface area contributed by atoms with Gasteiger partial charge < -0.3 is 71.1 Å². The van der Waals surface area contributed by atoms with Gasteiger partial charge in [0.2, 0.25) is 11.8 Å². The molecule has 11 N–H and O–H groups in total. The van der Waals surface area contributed by atoms with Crippen LogP contribution in [0.25, 0.3) is 0 Å². The molecule has 238 valence electrons. The Morgan fingerprint density at radius 2 is 1.68 bits per heavy atom. The molecule has 2 fully saturated rings. The van der Waals surface area contributed by atoms with E-state index in [-0.39, 0.29) is 6.61 Å². The van der Waals surface area contributed by atoms with Crippen molar-refractivity contribution in [3.05, 3.63) is 0 Å². The predicted molar refractivity (Wildman–Crippen MR) is 136 cm³/mol. The highest BCUT2D eigenvalue weighted by atomic mass is 16.8. The maximum absolute atomic E-state index is 12.6. The third kappa shape index (κ3) is 8.98. The van der Waals surface area contributed by atoms with E-state index in [0.717, 1.165) is 19.8 Å². The molecule has 0 unspecified atom stereocenters. The number of aliphatic carboxylic acids is 1. The summed E-state index contributed by atoms with van der Waals surface area (Å²) in [6.45, 7) is 1.13. The Hall–Kier alpha value is -2.03. The molecule has 0 radical (unpaired) electrons. The first-order valence-corrected chi connectivity index (χ1v) is 13.4. The van der Waals surface area contributed by atoms with Crippen LogP contribution in [-0.4, -0.2) is 147 Å². The number of aliphatic hydroxyl groups excluding tert-OH is 6. The zero-order valence-electron chi connectivity index (χ0n) is 23.0. The average Bonchev–Trinajstić information content (AvgIpc) is 2.91. The maximum Gasteiger partial charge on any atom is 0.364 e. The summed E-state index contributed by atoms with van der Waals surface area (Å²) in [5, 5.41) is 77.0. The van der Waals surface area contributed by atoms with E-state index in [2.05, 4.69) is 10.6 Å². The van der Waals surface area contributed by atoms with Gasteiger partial charge in [0.1, 0.15) is 42.7 Å². The molecule has 11 atom stereocenters. The zero-order chi connectivity index (χ0) is 30.9. The minimum Gasteiger partial charge on any atom is -0.477 e. The summed E-state index contributed by atoms with van der Waals surface area (Å²) in [7, 11) is 0. The first-order chi connectivity index (χ1) is 19.3. The highest BCUT2D eigenvalue weighted by molar-refractivity contribution is 5.76. The van der Waals surface area contributed by atoms with Gasteiger partial charge in [-0.15, -0.1) is 0 Å². The van der Waals surface area contributed by atoms with Gasteiger partial charge in [0.25, 0.3) is 5.79 Å². The van der Waals surface area contributed by atoms with E-state index >= 15 is 0 Å². The van der Waals surface area contributed by atoms with E-state index in [0.29, 0.717) is 13.0 Å². The lowest BCUT2D eigenvalue weighted by Gasteiger charge is -2.50. The SMILES string of the molecule is CC(=O)N[C@H]1[C@@H](OCCCCCN)O[C@H](CO)[C@H](O[C@]2(C(=O)O)C[C@H](O)[C@@H](NC(C)=O)[C@H]([C@H](O)[C@H](O)CO)O2)[C@@H]1O. The number of rotatable bonds is 15. The lowest BCUT2D eigenvalue weighted by molar-refractivity contribution is -0.359. The number of hydrogen-bond donors (Lipinski definition) is 10. The number of ether oxygens (including phenoxy) is 4. The Morgan fingerprint density at radius 1 is 1.05 bits per heavy atom. The number of amides is 2. The molecule has 2 saturated heterocycles. The van der Waals surface area contributed by atoms with Crippen molar-refractivity contribution in [2.75, 3.05) is 26.4 Å². The lowest BCUT2D eigenvalue weighted by Crippen LogP contribution is -2.71. The molecule has 2 rings (SSSR count). The minimum absolute atomic E-state index is 0.156. The molecule has 0 saturated carbocycles. The van der Waals surface area contributed by atoms with E-state index in [4.69, 9.17) is 24.7 Å². The molecular formula is C24H43N3O14. The van der Waals surface area contributed by atoms with Gasteiger partial charge in [0, 0.05) is 26.9 Å². The van der Waals surface area contributed by atoms with Gasteiger partial charge in [0.05, 0.1) is 25.4 Å². The third-order valence-electron chi connectivity index (χ3n) is 6.87. The highest BCUT2D eigenvalue weighted by Gasteiger charge is 2.59. The molecule has 0 aromatic heterocycles. The van der Waals surface area contributed by atoms with E-state index < -0.39 is 104 Å².